The van der Waals surface area contributed by atoms with Crippen LogP contribution in [0, 0.1) is 12.8 Å². The molecule has 118 valence electrons. The number of nitrogens with one attached hydrogen (secondary N) is 2. The lowest BCUT2D eigenvalue weighted by Gasteiger charge is -2.10. The third-order valence-corrected chi connectivity index (χ3v) is 3.72. The highest BCUT2D eigenvalue weighted by Gasteiger charge is 2.15. The fourth-order valence-corrected chi connectivity index (χ4v) is 2.45. The summed E-state index contributed by atoms with van der Waals surface area (Å²) >= 11 is 0. The molecule has 2 N–H and O–H groups in total. The van der Waals surface area contributed by atoms with E-state index in [2.05, 4.69) is 10.6 Å². The van der Waals surface area contributed by atoms with E-state index in [-0.39, 0.29) is 18.3 Å². The van der Waals surface area contributed by atoms with Crippen LogP contribution in [-0.4, -0.2) is 32.1 Å². The van der Waals surface area contributed by atoms with Gasteiger partial charge in [-0.3, -0.25) is 4.79 Å². The minimum atomic E-state index is 0. The predicted octanol–water partition coefficient (Wildman–Crippen LogP) is 2.30. The van der Waals surface area contributed by atoms with Crippen LogP contribution in [0.15, 0.2) is 24.3 Å². The minimum absolute atomic E-state index is 0. The van der Waals surface area contributed by atoms with Crippen LogP contribution in [0.3, 0.4) is 0 Å². The first-order valence-electron chi connectivity index (χ1n) is 7.41. The van der Waals surface area contributed by atoms with Gasteiger partial charge in [0, 0.05) is 6.42 Å². The number of carbonyl (C=O) groups excluding carboxylic acids is 1. The van der Waals surface area contributed by atoms with Gasteiger partial charge >= 0.3 is 0 Å². The van der Waals surface area contributed by atoms with Crippen molar-refractivity contribution < 1.29 is 9.53 Å². The maximum absolute atomic E-state index is 11.7. The lowest BCUT2D eigenvalue weighted by molar-refractivity contribution is -0.121. The quantitative estimate of drug-likeness (QED) is 0.760. The molecule has 0 saturated carbocycles. The van der Waals surface area contributed by atoms with Crippen molar-refractivity contribution in [3.8, 4) is 5.75 Å². The van der Waals surface area contributed by atoms with Crippen molar-refractivity contribution in [3.05, 3.63) is 29.8 Å². The lowest BCUT2D eigenvalue weighted by Crippen LogP contribution is -2.28. The highest BCUT2D eigenvalue weighted by Crippen LogP contribution is 2.16. The molecule has 2 rings (SSSR count). The van der Waals surface area contributed by atoms with Crippen LogP contribution < -0.4 is 15.4 Å². The molecule has 1 aliphatic heterocycles. The van der Waals surface area contributed by atoms with E-state index in [1.54, 1.807) is 0 Å². The number of para-hydroxylation sites is 1. The Morgan fingerprint density at radius 2 is 2.24 bits per heavy atom. The fourth-order valence-electron chi connectivity index (χ4n) is 2.45. The van der Waals surface area contributed by atoms with Gasteiger partial charge in [0.05, 0.1) is 6.54 Å². The van der Waals surface area contributed by atoms with E-state index in [0.717, 1.165) is 30.8 Å². The van der Waals surface area contributed by atoms with Gasteiger partial charge < -0.3 is 15.4 Å². The highest BCUT2D eigenvalue weighted by molar-refractivity contribution is 5.85. The van der Waals surface area contributed by atoms with Gasteiger partial charge in [0.25, 0.3) is 0 Å². The Labute approximate surface area is 133 Å². The minimum Gasteiger partial charge on any atom is -0.491 e. The fraction of sp³-hybridized carbons (Fsp3) is 0.562. The van der Waals surface area contributed by atoms with Gasteiger partial charge in [-0.05, 0) is 50.4 Å². The molecule has 4 nitrogen and oxygen atoms in total. The van der Waals surface area contributed by atoms with Gasteiger partial charge in [-0.1, -0.05) is 18.2 Å². The van der Waals surface area contributed by atoms with Crippen molar-refractivity contribution >= 4 is 18.3 Å². The Kier molecular flexibility index (Phi) is 8.16. The molecule has 0 radical (unpaired) electrons. The summed E-state index contributed by atoms with van der Waals surface area (Å²) in [4.78, 5) is 11.7. The van der Waals surface area contributed by atoms with Crippen molar-refractivity contribution in [3.63, 3.8) is 0 Å². The molecule has 1 saturated heterocycles. The Morgan fingerprint density at radius 3 is 2.95 bits per heavy atom. The van der Waals surface area contributed by atoms with Crippen LogP contribution >= 0.6 is 12.4 Å². The number of ether oxygens (including phenoxy) is 1. The van der Waals surface area contributed by atoms with Crippen LogP contribution in [0.5, 0.6) is 5.75 Å². The zero-order valence-electron chi connectivity index (χ0n) is 12.6. The summed E-state index contributed by atoms with van der Waals surface area (Å²) in [6.45, 7) is 5.25. The largest absolute Gasteiger partial charge is 0.491 e. The van der Waals surface area contributed by atoms with Gasteiger partial charge in [0.1, 0.15) is 12.4 Å². The first-order valence-corrected chi connectivity index (χ1v) is 7.41. The number of amides is 1. The van der Waals surface area contributed by atoms with Crippen molar-refractivity contribution in [1.29, 1.82) is 0 Å². The van der Waals surface area contributed by atoms with E-state index in [0.29, 0.717) is 25.5 Å². The number of rotatable bonds is 7. The standard InChI is InChI=1S/C16H24N2O2.ClH/c1-13-4-2-3-5-15(13)20-11-10-18-16(19)7-6-14-8-9-17-12-14;/h2-5,14,17H,6-12H2,1H3,(H,18,19);1H. The van der Waals surface area contributed by atoms with Crippen molar-refractivity contribution in [2.45, 2.75) is 26.2 Å². The molecule has 21 heavy (non-hydrogen) atoms. The summed E-state index contributed by atoms with van der Waals surface area (Å²) < 4.78 is 5.64. The Bertz CT molecular complexity index is 434. The SMILES string of the molecule is Cc1ccccc1OCCNC(=O)CCC1CCNC1.Cl. The average molecular weight is 313 g/mol. The van der Waals surface area contributed by atoms with E-state index in [9.17, 15) is 4.79 Å². The number of benzene rings is 1. The van der Waals surface area contributed by atoms with Crippen LogP contribution in [0.2, 0.25) is 0 Å². The van der Waals surface area contributed by atoms with Crippen LogP contribution in [0.1, 0.15) is 24.8 Å². The molecule has 1 aromatic rings. The molecule has 1 heterocycles. The van der Waals surface area contributed by atoms with Gasteiger partial charge in [0.2, 0.25) is 5.91 Å². The number of aryl methyl sites for hydroxylation is 1. The van der Waals surface area contributed by atoms with Crippen LogP contribution in [-0.2, 0) is 4.79 Å². The molecule has 1 aliphatic rings. The van der Waals surface area contributed by atoms with E-state index in [1.807, 2.05) is 31.2 Å². The van der Waals surface area contributed by atoms with Gasteiger partial charge in [0.15, 0.2) is 0 Å². The van der Waals surface area contributed by atoms with Crippen molar-refractivity contribution in [2.75, 3.05) is 26.2 Å². The van der Waals surface area contributed by atoms with Crippen molar-refractivity contribution in [1.82, 2.24) is 10.6 Å². The Hall–Kier alpha value is -1.26. The molecule has 1 aromatic carbocycles. The second-order valence-electron chi connectivity index (χ2n) is 5.36. The zero-order valence-corrected chi connectivity index (χ0v) is 13.4. The van der Waals surface area contributed by atoms with Crippen molar-refractivity contribution in [2.24, 2.45) is 5.92 Å². The number of carbonyl (C=O) groups is 1. The van der Waals surface area contributed by atoms with E-state index >= 15 is 0 Å². The summed E-state index contributed by atoms with van der Waals surface area (Å²) in [6.07, 6.45) is 2.80. The number of halogens is 1. The zero-order chi connectivity index (χ0) is 14.2. The Morgan fingerprint density at radius 1 is 1.43 bits per heavy atom. The average Bonchev–Trinajstić information content (AvgIpc) is 2.96. The van der Waals surface area contributed by atoms with E-state index in [4.69, 9.17) is 4.74 Å². The van der Waals surface area contributed by atoms with Gasteiger partial charge in [-0.25, -0.2) is 0 Å². The second-order valence-corrected chi connectivity index (χ2v) is 5.36. The molecule has 0 spiro atoms. The maximum atomic E-state index is 11.7. The van der Waals surface area contributed by atoms with E-state index < -0.39 is 0 Å². The van der Waals surface area contributed by atoms with E-state index in [1.165, 1.54) is 6.42 Å². The molecular weight excluding hydrogens is 288 g/mol. The second kappa shape index (κ2) is 9.64. The van der Waals surface area contributed by atoms with Crippen LogP contribution in [0.25, 0.3) is 0 Å². The first-order chi connectivity index (χ1) is 9.75. The van der Waals surface area contributed by atoms with Gasteiger partial charge in [-0.2, -0.15) is 0 Å². The predicted molar refractivity (Wildman–Crippen MR) is 87.1 cm³/mol. The third-order valence-electron chi connectivity index (χ3n) is 3.72. The third kappa shape index (κ3) is 6.36. The summed E-state index contributed by atoms with van der Waals surface area (Å²) in [7, 11) is 0. The highest BCUT2D eigenvalue weighted by atomic mass is 35.5. The first kappa shape index (κ1) is 17.8. The van der Waals surface area contributed by atoms with Gasteiger partial charge in [-0.15, -0.1) is 12.4 Å². The topological polar surface area (TPSA) is 50.4 Å². The summed E-state index contributed by atoms with van der Waals surface area (Å²) in [5.74, 6) is 1.69. The molecule has 1 atom stereocenters. The number of hydrogen-bond donors (Lipinski definition) is 2. The molecule has 0 bridgehead atoms. The smallest absolute Gasteiger partial charge is 0.220 e. The summed E-state index contributed by atoms with van der Waals surface area (Å²) in [5.41, 5.74) is 1.12. The monoisotopic (exact) mass is 312 g/mol. The maximum Gasteiger partial charge on any atom is 0.220 e. The number of hydrogen-bond acceptors (Lipinski definition) is 3. The Balaban J connectivity index is 0.00000220. The molecule has 1 amide bonds. The lowest BCUT2D eigenvalue weighted by atomic mass is 10.0. The molecule has 5 heteroatoms. The van der Waals surface area contributed by atoms with Crippen LogP contribution in [0.4, 0.5) is 0 Å². The summed E-state index contributed by atoms with van der Waals surface area (Å²) in [5, 5.41) is 6.23. The molecule has 0 aliphatic carbocycles. The normalized spacial score (nSPS) is 17.1. The molecular formula is C16H25ClN2O2. The molecule has 1 fully saturated rings. The summed E-state index contributed by atoms with van der Waals surface area (Å²) in [6, 6.07) is 7.91. The molecule has 0 aromatic heterocycles. The molecule has 1 unspecified atom stereocenters.